The van der Waals surface area contributed by atoms with E-state index in [4.69, 9.17) is 15.0 Å². The maximum Gasteiger partial charge on any atom is 0.323 e. The van der Waals surface area contributed by atoms with Crippen molar-refractivity contribution in [3.63, 3.8) is 0 Å². The quantitative estimate of drug-likeness (QED) is 0.647. The van der Waals surface area contributed by atoms with Crippen LogP contribution in [-0.2, 0) is 19.6 Å². The second kappa shape index (κ2) is 8.76. The lowest BCUT2D eigenvalue weighted by Crippen LogP contribution is -2.36. The molecular formula is C14H23NO5S. The van der Waals surface area contributed by atoms with E-state index in [1.165, 1.54) is 12.1 Å². The molecule has 0 aliphatic carbocycles. The second-order valence-electron chi connectivity index (χ2n) is 4.81. The highest BCUT2D eigenvalue weighted by molar-refractivity contribution is 7.85. The molecular weight excluding hydrogens is 294 g/mol. The number of esters is 1. The molecule has 1 atom stereocenters. The summed E-state index contributed by atoms with van der Waals surface area (Å²) in [6.07, 6.45) is 0. The van der Waals surface area contributed by atoms with Crippen molar-refractivity contribution >= 4 is 16.1 Å². The minimum Gasteiger partial charge on any atom is -0.465 e. The molecule has 1 rings (SSSR count). The SMILES string of the molecule is CCOC(=O)[C@@H](N)C(C)C.Cc1ccc(S(=O)(=O)O)cc1. The first-order valence-corrected chi connectivity index (χ1v) is 8.00. The van der Waals surface area contributed by atoms with E-state index in [-0.39, 0.29) is 16.8 Å². The Morgan fingerprint density at radius 2 is 1.76 bits per heavy atom. The van der Waals surface area contributed by atoms with Crippen molar-refractivity contribution < 1.29 is 22.5 Å². The molecule has 1 aromatic rings. The summed E-state index contributed by atoms with van der Waals surface area (Å²) in [6.45, 7) is 7.79. The van der Waals surface area contributed by atoms with Crippen molar-refractivity contribution in [1.82, 2.24) is 0 Å². The Morgan fingerprint density at radius 1 is 1.29 bits per heavy atom. The Labute approximate surface area is 126 Å². The second-order valence-corrected chi connectivity index (χ2v) is 6.23. The van der Waals surface area contributed by atoms with Gasteiger partial charge in [0.25, 0.3) is 10.1 Å². The number of ether oxygens (including phenoxy) is 1. The number of carbonyl (C=O) groups is 1. The molecule has 21 heavy (non-hydrogen) atoms. The first kappa shape index (κ1) is 19.6. The summed E-state index contributed by atoms with van der Waals surface area (Å²) in [6, 6.07) is 5.52. The van der Waals surface area contributed by atoms with E-state index in [0.29, 0.717) is 6.61 Å². The molecule has 0 unspecified atom stereocenters. The maximum atomic E-state index is 10.8. The van der Waals surface area contributed by atoms with Crippen molar-refractivity contribution in [2.24, 2.45) is 11.7 Å². The minimum absolute atomic E-state index is 0.0666. The van der Waals surface area contributed by atoms with Crippen LogP contribution in [0, 0.1) is 12.8 Å². The van der Waals surface area contributed by atoms with Gasteiger partial charge < -0.3 is 10.5 Å². The zero-order valence-electron chi connectivity index (χ0n) is 12.7. The van der Waals surface area contributed by atoms with E-state index in [1.54, 1.807) is 19.1 Å². The highest BCUT2D eigenvalue weighted by Crippen LogP contribution is 2.08. The van der Waals surface area contributed by atoms with E-state index < -0.39 is 16.2 Å². The normalized spacial score (nSPS) is 12.3. The number of benzene rings is 1. The number of nitrogens with two attached hydrogens (primary N) is 1. The van der Waals surface area contributed by atoms with Crippen LogP contribution in [0.4, 0.5) is 0 Å². The molecule has 3 N–H and O–H groups in total. The summed E-state index contributed by atoms with van der Waals surface area (Å²) >= 11 is 0. The van der Waals surface area contributed by atoms with Gasteiger partial charge in [0.2, 0.25) is 0 Å². The van der Waals surface area contributed by atoms with E-state index in [9.17, 15) is 13.2 Å². The lowest BCUT2D eigenvalue weighted by molar-refractivity contribution is -0.145. The molecule has 0 heterocycles. The first-order chi connectivity index (χ1) is 9.59. The Hall–Kier alpha value is -1.44. The largest absolute Gasteiger partial charge is 0.465 e. The molecule has 0 spiro atoms. The van der Waals surface area contributed by atoms with Crippen LogP contribution in [0.25, 0.3) is 0 Å². The van der Waals surface area contributed by atoms with Crippen LogP contribution >= 0.6 is 0 Å². The summed E-state index contributed by atoms with van der Waals surface area (Å²) in [5.41, 5.74) is 6.43. The van der Waals surface area contributed by atoms with Gasteiger partial charge in [-0.15, -0.1) is 0 Å². The fraction of sp³-hybridized carbons (Fsp3) is 0.500. The van der Waals surface area contributed by atoms with Crippen LogP contribution in [0.2, 0.25) is 0 Å². The van der Waals surface area contributed by atoms with Crippen LogP contribution < -0.4 is 5.73 Å². The third-order valence-electron chi connectivity index (χ3n) is 2.60. The maximum absolute atomic E-state index is 10.8. The monoisotopic (exact) mass is 317 g/mol. The van der Waals surface area contributed by atoms with Gasteiger partial charge in [-0.25, -0.2) is 0 Å². The molecule has 0 aliphatic heterocycles. The van der Waals surface area contributed by atoms with Crippen molar-refractivity contribution in [2.45, 2.75) is 38.6 Å². The number of carbonyl (C=O) groups excluding carboxylic acids is 1. The summed E-state index contributed by atoms with van der Waals surface area (Å²) in [5.74, 6) is -0.156. The van der Waals surface area contributed by atoms with Gasteiger partial charge in [-0.2, -0.15) is 8.42 Å². The zero-order chi connectivity index (χ0) is 16.6. The van der Waals surface area contributed by atoms with Crippen molar-refractivity contribution in [1.29, 1.82) is 0 Å². The average molecular weight is 317 g/mol. The van der Waals surface area contributed by atoms with Gasteiger partial charge in [-0.1, -0.05) is 31.5 Å². The average Bonchev–Trinajstić information content (AvgIpc) is 2.38. The van der Waals surface area contributed by atoms with Gasteiger partial charge in [0, 0.05) is 0 Å². The zero-order valence-corrected chi connectivity index (χ0v) is 13.6. The molecule has 0 saturated carbocycles. The fourth-order valence-electron chi connectivity index (χ4n) is 1.22. The predicted molar refractivity (Wildman–Crippen MR) is 80.4 cm³/mol. The van der Waals surface area contributed by atoms with E-state index in [2.05, 4.69) is 0 Å². The lowest BCUT2D eigenvalue weighted by atomic mass is 10.1. The Morgan fingerprint density at radius 3 is 2.10 bits per heavy atom. The molecule has 0 bridgehead atoms. The van der Waals surface area contributed by atoms with Gasteiger partial charge in [-0.3, -0.25) is 9.35 Å². The smallest absolute Gasteiger partial charge is 0.323 e. The first-order valence-electron chi connectivity index (χ1n) is 6.56. The molecule has 1 aromatic carbocycles. The van der Waals surface area contributed by atoms with Crippen molar-refractivity contribution in [3.05, 3.63) is 29.8 Å². The van der Waals surface area contributed by atoms with Gasteiger partial charge in [0.15, 0.2) is 0 Å². The van der Waals surface area contributed by atoms with E-state index in [1.807, 2.05) is 20.8 Å². The summed E-state index contributed by atoms with van der Waals surface area (Å²) in [5, 5.41) is 0. The Balaban J connectivity index is 0.000000384. The number of rotatable bonds is 4. The predicted octanol–water partition coefficient (Wildman–Crippen LogP) is 1.77. The lowest BCUT2D eigenvalue weighted by Gasteiger charge is -2.12. The minimum atomic E-state index is -4.02. The molecule has 0 radical (unpaired) electrons. The third-order valence-corrected chi connectivity index (χ3v) is 3.46. The standard InChI is InChI=1S/C7H15NO2.C7H8O3S/c1-4-10-7(9)6(8)5(2)3;1-6-2-4-7(5-3-6)11(8,9)10/h5-6H,4,8H2,1-3H3;2-5H,1H3,(H,8,9,10)/t6-;/m0./s1. The molecule has 0 aliphatic rings. The fourth-order valence-corrected chi connectivity index (χ4v) is 1.70. The van der Waals surface area contributed by atoms with Crippen LogP contribution in [0.15, 0.2) is 29.2 Å². The summed E-state index contributed by atoms with van der Waals surface area (Å²) < 4.78 is 34.3. The van der Waals surface area contributed by atoms with Gasteiger partial charge in [0.05, 0.1) is 11.5 Å². The Bertz CT molecular complexity index is 537. The molecule has 120 valence electrons. The number of hydrogen-bond donors (Lipinski definition) is 2. The highest BCUT2D eigenvalue weighted by Gasteiger charge is 2.17. The summed E-state index contributed by atoms with van der Waals surface area (Å²) in [4.78, 5) is 10.8. The van der Waals surface area contributed by atoms with E-state index in [0.717, 1.165) is 5.56 Å². The van der Waals surface area contributed by atoms with Gasteiger partial charge in [-0.05, 0) is 31.9 Å². The van der Waals surface area contributed by atoms with Crippen LogP contribution in [0.5, 0.6) is 0 Å². The number of aryl methyl sites for hydroxylation is 1. The van der Waals surface area contributed by atoms with Crippen LogP contribution in [0.3, 0.4) is 0 Å². The molecule has 0 saturated heterocycles. The van der Waals surface area contributed by atoms with Crippen LogP contribution in [0.1, 0.15) is 26.3 Å². The molecule has 0 fully saturated rings. The molecule has 6 nitrogen and oxygen atoms in total. The Kier molecular flexibility index (Phi) is 8.16. The molecule has 7 heteroatoms. The van der Waals surface area contributed by atoms with Gasteiger partial charge >= 0.3 is 5.97 Å². The van der Waals surface area contributed by atoms with Crippen LogP contribution in [-0.4, -0.2) is 31.6 Å². The molecule has 0 aromatic heterocycles. The van der Waals surface area contributed by atoms with Crippen molar-refractivity contribution in [2.75, 3.05) is 6.61 Å². The van der Waals surface area contributed by atoms with Crippen molar-refractivity contribution in [3.8, 4) is 0 Å². The third kappa shape index (κ3) is 7.79. The van der Waals surface area contributed by atoms with Gasteiger partial charge in [0.1, 0.15) is 6.04 Å². The highest BCUT2D eigenvalue weighted by atomic mass is 32.2. The molecule has 0 amide bonds. The number of hydrogen-bond acceptors (Lipinski definition) is 5. The van der Waals surface area contributed by atoms with E-state index >= 15 is 0 Å². The topological polar surface area (TPSA) is 107 Å². The summed E-state index contributed by atoms with van der Waals surface area (Å²) in [7, 11) is -4.02.